The van der Waals surface area contributed by atoms with Crippen LogP contribution < -0.4 is 5.73 Å². The first-order valence-corrected chi connectivity index (χ1v) is 7.85. The van der Waals surface area contributed by atoms with Gasteiger partial charge in [-0.15, -0.1) is 0 Å². The maximum Gasteiger partial charge on any atom is 0.0539 e. The second kappa shape index (κ2) is 6.18. The molecule has 21 heavy (non-hydrogen) atoms. The number of benzene rings is 2. The van der Waals surface area contributed by atoms with E-state index in [4.69, 9.17) is 17.3 Å². The first kappa shape index (κ1) is 14.6. The molecule has 0 spiro atoms. The third-order valence-corrected chi connectivity index (χ3v) is 4.49. The monoisotopic (exact) mass is 300 g/mol. The predicted molar refractivity (Wildman–Crippen MR) is 88.3 cm³/mol. The zero-order chi connectivity index (χ0) is 14.7. The maximum absolute atomic E-state index is 6.69. The Morgan fingerprint density at radius 3 is 2.67 bits per heavy atom. The number of likely N-dealkylation sites (tertiary alicyclic amines) is 1. The number of rotatable bonds is 3. The summed E-state index contributed by atoms with van der Waals surface area (Å²) in [5.74, 6) is 0. The van der Waals surface area contributed by atoms with E-state index in [9.17, 15) is 0 Å². The van der Waals surface area contributed by atoms with Gasteiger partial charge in [-0.3, -0.25) is 4.90 Å². The molecule has 0 bridgehead atoms. The summed E-state index contributed by atoms with van der Waals surface area (Å²) in [6, 6.07) is 18.6. The van der Waals surface area contributed by atoms with Crippen molar-refractivity contribution in [3.8, 4) is 0 Å². The largest absolute Gasteiger partial charge is 0.320 e. The zero-order valence-electron chi connectivity index (χ0n) is 12.1. The summed E-state index contributed by atoms with van der Waals surface area (Å²) in [5.41, 5.74) is 8.89. The molecule has 0 amide bonds. The third kappa shape index (κ3) is 3.46. The van der Waals surface area contributed by atoms with Crippen LogP contribution in [0.1, 0.15) is 24.0 Å². The van der Waals surface area contributed by atoms with Crippen molar-refractivity contribution in [2.24, 2.45) is 5.73 Å². The molecule has 1 saturated heterocycles. The van der Waals surface area contributed by atoms with Gasteiger partial charge in [0, 0.05) is 18.1 Å². The van der Waals surface area contributed by atoms with E-state index in [-0.39, 0.29) is 5.54 Å². The standard InChI is InChI=1S/C18H21ClN2/c19-17-9-4-8-16(12-17)18(20)10-5-11-21(14-18)13-15-6-2-1-3-7-15/h1-4,6-9,12H,5,10-11,13-14,20H2. The van der Waals surface area contributed by atoms with Crippen LogP contribution in [0, 0.1) is 0 Å². The summed E-state index contributed by atoms with van der Waals surface area (Å²) in [6.07, 6.45) is 2.13. The molecule has 0 aliphatic carbocycles. The van der Waals surface area contributed by atoms with E-state index in [0.29, 0.717) is 0 Å². The fourth-order valence-corrected chi connectivity index (χ4v) is 3.38. The van der Waals surface area contributed by atoms with Crippen LogP contribution in [0.25, 0.3) is 0 Å². The highest BCUT2D eigenvalue weighted by Crippen LogP contribution is 2.31. The number of hydrogen-bond acceptors (Lipinski definition) is 2. The van der Waals surface area contributed by atoms with E-state index in [1.807, 2.05) is 18.2 Å². The van der Waals surface area contributed by atoms with Crippen molar-refractivity contribution < 1.29 is 0 Å². The van der Waals surface area contributed by atoms with Crippen LogP contribution in [0.2, 0.25) is 5.02 Å². The van der Waals surface area contributed by atoms with Crippen LogP contribution in [0.15, 0.2) is 54.6 Å². The molecule has 0 aromatic heterocycles. The highest BCUT2D eigenvalue weighted by atomic mass is 35.5. The SMILES string of the molecule is NC1(c2cccc(Cl)c2)CCCN(Cc2ccccc2)C1. The van der Waals surface area contributed by atoms with Gasteiger partial charge in [0.2, 0.25) is 0 Å². The minimum Gasteiger partial charge on any atom is -0.320 e. The van der Waals surface area contributed by atoms with E-state index in [1.54, 1.807) is 0 Å². The summed E-state index contributed by atoms with van der Waals surface area (Å²) < 4.78 is 0. The number of nitrogens with two attached hydrogens (primary N) is 1. The minimum absolute atomic E-state index is 0.294. The highest BCUT2D eigenvalue weighted by Gasteiger charge is 2.33. The number of nitrogens with zero attached hydrogens (tertiary/aromatic N) is 1. The van der Waals surface area contributed by atoms with Crippen molar-refractivity contribution in [2.45, 2.75) is 24.9 Å². The van der Waals surface area contributed by atoms with E-state index in [1.165, 1.54) is 5.56 Å². The lowest BCUT2D eigenvalue weighted by molar-refractivity contribution is 0.142. The molecular weight excluding hydrogens is 280 g/mol. The normalized spacial score (nSPS) is 23.1. The first-order chi connectivity index (χ1) is 10.2. The van der Waals surface area contributed by atoms with E-state index in [0.717, 1.165) is 43.1 Å². The lowest BCUT2D eigenvalue weighted by atomic mass is 9.83. The zero-order valence-corrected chi connectivity index (χ0v) is 12.9. The van der Waals surface area contributed by atoms with Gasteiger partial charge in [0.1, 0.15) is 0 Å². The lowest BCUT2D eigenvalue weighted by Gasteiger charge is -2.40. The molecule has 1 aliphatic heterocycles. The first-order valence-electron chi connectivity index (χ1n) is 7.47. The summed E-state index contributed by atoms with van der Waals surface area (Å²) in [4.78, 5) is 2.44. The molecule has 2 nitrogen and oxygen atoms in total. The van der Waals surface area contributed by atoms with Crippen molar-refractivity contribution in [1.82, 2.24) is 4.90 Å². The second-order valence-electron chi connectivity index (χ2n) is 5.97. The molecule has 0 saturated carbocycles. The van der Waals surface area contributed by atoms with Crippen LogP contribution >= 0.6 is 11.6 Å². The fourth-order valence-electron chi connectivity index (χ4n) is 3.19. The van der Waals surface area contributed by atoms with Gasteiger partial charge < -0.3 is 5.73 Å². The Labute approximate surface area is 131 Å². The molecule has 2 aromatic carbocycles. The van der Waals surface area contributed by atoms with Crippen LogP contribution in [0.5, 0.6) is 0 Å². The van der Waals surface area contributed by atoms with Gasteiger partial charge in [-0.2, -0.15) is 0 Å². The Hall–Kier alpha value is -1.35. The van der Waals surface area contributed by atoms with Crippen molar-refractivity contribution in [2.75, 3.05) is 13.1 Å². The Bertz CT molecular complexity index is 599. The number of halogens is 1. The van der Waals surface area contributed by atoms with Crippen molar-refractivity contribution >= 4 is 11.6 Å². The maximum atomic E-state index is 6.69. The molecule has 2 aromatic rings. The molecule has 2 N–H and O–H groups in total. The van der Waals surface area contributed by atoms with Crippen molar-refractivity contribution in [3.05, 3.63) is 70.7 Å². The Kier molecular flexibility index (Phi) is 4.29. The summed E-state index contributed by atoms with van der Waals surface area (Å²) in [7, 11) is 0. The van der Waals surface area contributed by atoms with Crippen LogP contribution in [-0.2, 0) is 12.1 Å². The van der Waals surface area contributed by atoms with Gasteiger partial charge in [-0.1, -0.05) is 54.1 Å². The van der Waals surface area contributed by atoms with Gasteiger partial charge in [0.05, 0.1) is 5.54 Å². The van der Waals surface area contributed by atoms with Crippen LogP contribution in [0.3, 0.4) is 0 Å². The Balaban J connectivity index is 1.76. The molecule has 1 fully saturated rings. The predicted octanol–water partition coefficient (Wildman–Crippen LogP) is 3.79. The van der Waals surface area contributed by atoms with Crippen LogP contribution in [-0.4, -0.2) is 18.0 Å². The molecule has 3 heteroatoms. The molecule has 1 atom stereocenters. The highest BCUT2D eigenvalue weighted by molar-refractivity contribution is 6.30. The fraction of sp³-hybridized carbons (Fsp3) is 0.333. The second-order valence-corrected chi connectivity index (χ2v) is 6.40. The Morgan fingerprint density at radius 1 is 1.10 bits per heavy atom. The number of piperidine rings is 1. The summed E-state index contributed by atoms with van der Waals surface area (Å²) >= 11 is 6.12. The van der Waals surface area contributed by atoms with Gasteiger partial charge >= 0.3 is 0 Å². The van der Waals surface area contributed by atoms with Gasteiger partial charge in [0.25, 0.3) is 0 Å². The van der Waals surface area contributed by atoms with E-state index in [2.05, 4.69) is 41.3 Å². The molecule has 1 aliphatic rings. The average molecular weight is 301 g/mol. The topological polar surface area (TPSA) is 29.3 Å². The van der Waals surface area contributed by atoms with E-state index >= 15 is 0 Å². The average Bonchev–Trinajstić information content (AvgIpc) is 2.48. The lowest BCUT2D eigenvalue weighted by Crippen LogP contribution is -2.51. The van der Waals surface area contributed by atoms with Gasteiger partial charge in [-0.25, -0.2) is 0 Å². The minimum atomic E-state index is -0.294. The molecular formula is C18H21ClN2. The quantitative estimate of drug-likeness (QED) is 0.934. The van der Waals surface area contributed by atoms with E-state index < -0.39 is 0 Å². The van der Waals surface area contributed by atoms with Crippen molar-refractivity contribution in [3.63, 3.8) is 0 Å². The Morgan fingerprint density at radius 2 is 1.90 bits per heavy atom. The summed E-state index contributed by atoms with van der Waals surface area (Å²) in [6.45, 7) is 2.94. The van der Waals surface area contributed by atoms with Gasteiger partial charge in [-0.05, 0) is 42.6 Å². The molecule has 1 heterocycles. The third-order valence-electron chi connectivity index (χ3n) is 4.25. The smallest absolute Gasteiger partial charge is 0.0539 e. The van der Waals surface area contributed by atoms with Gasteiger partial charge in [0.15, 0.2) is 0 Å². The summed E-state index contributed by atoms with van der Waals surface area (Å²) in [5, 5.41) is 0.762. The molecule has 1 unspecified atom stereocenters. The molecule has 110 valence electrons. The number of hydrogen-bond donors (Lipinski definition) is 1. The van der Waals surface area contributed by atoms with Crippen molar-refractivity contribution in [1.29, 1.82) is 0 Å². The van der Waals surface area contributed by atoms with Crippen LogP contribution in [0.4, 0.5) is 0 Å². The molecule has 0 radical (unpaired) electrons. The molecule has 3 rings (SSSR count).